The molecule has 3 atom stereocenters. The first-order valence-electron chi connectivity index (χ1n) is 8.58. The summed E-state index contributed by atoms with van der Waals surface area (Å²) in [6.45, 7) is 0. The van der Waals surface area contributed by atoms with Gasteiger partial charge in [-0.25, -0.2) is 14.8 Å². The van der Waals surface area contributed by atoms with Gasteiger partial charge >= 0.3 is 5.97 Å². The number of hydrogen-bond acceptors (Lipinski definition) is 6. The molecule has 2 aromatic rings. The van der Waals surface area contributed by atoms with Crippen LogP contribution in [0.15, 0.2) is 53.7 Å². The first kappa shape index (κ1) is 17.8. The van der Waals surface area contributed by atoms with Crippen LogP contribution in [0.25, 0.3) is 0 Å². The first-order chi connectivity index (χ1) is 13.0. The molecule has 2 aliphatic rings. The number of aromatic nitrogens is 1. The molecule has 1 aliphatic heterocycles. The Kier molecular flexibility index (Phi) is 4.53. The molecule has 2 heterocycles. The number of carbonyl (C=O) groups is 2. The molecule has 1 unspecified atom stereocenters. The number of hydrogen-bond donors (Lipinski definition) is 0. The van der Waals surface area contributed by atoms with Crippen molar-refractivity contribution in [3.8, 4) is 0 Å². The number of benzene rings is 1. The highest BCUT2D eigenvalue weighted by Crippen LogP contribution is 2.47. The summed E-state index contributed by atoms with van der Waals surface area (Å²) in [4.78, 5) is 34.2. The van der Waals surface area contributed by atoms with E-state index in [1.165, 1.54) is 7.11 Å². The molecule has 1 spiro atoms. The Labute approximate surface area is 161 Å². The van der Waals surface area contributed by atoms with Crippen LogP contribution in [0, 0.1) is 0 Å². The van der Waals surface area contributed by atoms with E-state index in [1.54, 1.807) is 18.3 Å². The van der Waals surface area contributed by atoms with E-state index in [1.807, 2.05) is 30.3 Å². The lowest BCUT2D eigenvalue weighted by Gasteiger charge is -2.40. The Morgan fingerprint density at radius 2 is 1.93 bits per heavy atom. The van der Waals surface area contributed by atoms with E-state index in [0.717, 1.165) is 0 Å². The smallest absolute Gasteiger partial charge is 0.344 e. The number of ketones is 1. The summed E-state index contributed by atoms with van der Waals surface area (Å²) >= 11 is 5.90. The normalized spacial score (nSPS) is 27.6. The molecule has 6 nitrogen and oxygen atoms in total. The zero-order valence-electron chi connectivity index (χ0n) is 14.6. The van der Waals surface area contributed by atoms with Crippen molar-refractivity contribution in [2.75, 3.05) is 7.11 Å². The second kappa shape index (κ2) is 6.87. The van der Waals surface area contributed by atoms with Gasteiger partial charge < -0.3 is 9.47 Å². The fourth-order valence-corrected chi connectivity index (χ4v) is 3.93. The van der Waals surface area contributed by atoms with Crippen molar-refractivity contribution in [1.82, 2.24) is 4.98 Å². The number of halogens is 1. The van der Waals surface area contributed by atoms with E-state index in [9.17, 15) is 9.59 Å². The molecular formula is C20H17ClN2O4. The topological polar surface area (TPSA) is 77.8 Å². The fraction of sp³-hybridized carbons (Fsp3) is 0.300. The summed E-state index contributed by atoms with van der Waals surface area (Å²) in [6, 6.07) is 12.6. The van der Waals surface area contributed by atoms with Gasteiger partial charge in [0.15, 0.2) is 5.54 Å². The number of aliphatic imine (C=N–C) groups is 1. The van der Waals surface area contributed by atoms with Gasteiger partial charge in [0.25, 0.3) is 0 Å². The van der Waals surface area contributed by atoms with Gasteiger partial charge in [-0.3, -0.25) is 4.79 Å². The average molecular weight is 385 g/mol. The molecule has 4 rings (SSSR count). The molecule has 0 amide bonds. The van der Waals surface area contributed by atoms with Crippen molar-refractivity contribution < 1.29 is 19.1 Å². The highest BCUT2D eigenvalue weighted by atomic mass is 35.5. The summed E-state index contributed by atoms with van der Waals surface area (Å²) in [6.07, 6.45) is 1.12. The van der Waals surface area contributed by atoms with Gasteiger partial charge in [0, 0.05) is 37.6 Å². The number of pyridine rings is 1. The zero-order chi connectivity index (χ0) is 19.0. The third-order valence-electron chi connectivity index (χ3n) is 5.13. The summed E-state index contributed by atoms with van der Waals surface area (Å²) in [5, 5.41) is 0.334. The zero-order valence-corrected chi connectivity index (χ0v) is 15.3. The molecule has 1 aromatic heterocycles. The Hall–Kier alpha value is -2.57. The van der Waals surface area contributed by atoms with Crippen LogP contribution < -0.4 is 0 Å². The standard InChI is InChI=1S/C20H17ClN2O4/c1-26-16-10-14(24)9-15(13-7-8-17(21)22-11-13)20(16)19(25)27-18(23-20)12-5-3-2-4-6-12/h2-8,11,15-16H,9-10H2,1H3/t15-,16?,20+/m0/s1. The summed E-state index contributed by atoms with van der Waals surface area (Å²) in [5.41, 5.74) is 0.0653. The Morgan fingerprint density at radius 1 is 1.15 bits per heavy atom. The third kappa shape index (κ3) is 2.95. The number of cyclic esters (lactones) is 1. The Morgan fingerprint density at radius 3 is 2.59 bits per heavy atom. The van der Waals surface area contributed by atoms with E-state index in [2.05, 4.69) is 4.98 Å². The van der Waals surface area contributed by atoms with E-state index < -0.39 is 23.5 Å². The lowest BCUT2D eigenvalue weighted by molar-refractivity contribution is -0.149. The van der Waals surface area contributed by atoms with Crippen LogP contribution >= 0.6 is 11.6 Å². The van der Waals surface area contributed by atoms with Crippen molar-refractivity contribution in [3.05, 3.63) is 64.9 Å². The van der Waals surface area contributed by atoms with Crippen LogP contribution in [0.1, 0.15) is 29.9 Å². The molecular weight excluding hydrogens is 368 g/mol. The second-order valence-electron chi connectivity index (χ2n) is 6.64. The van der Waals surface area contributed by atoms with Gasteiger partial charge in [0.2, 0.25) is 5.90 Å². The molecule has 1 fully saturated rings. The van der Waals surface area contributed by atoms with Gasteiger partial charge in [-0.15, -0.1) is 0 Å². The molecule has 7 heteroatoms. The van der Waals surface area contributed by atoms with Gasteiger partial charge in [-0.05, 0) is 23.8 Å². The van der Waals surface area contributed by atoms with Crippen molar-refractivity contribution in [2.24, 2.45) is 4.99 Å². The number of esters is 1. The van der Waals surface area contributed by atoms with Crippen LogP contribution in [0.2, 0.25) is 5.15 Å². The number of Topliss-reactive ketones (excluding diaryl/α,β-unsaturated/α-hetero) is 1. The minimum absolute atomic E-state index is 0.00332. The molecule has 1 saturated carbocycles. The van der Waals surface area contributed by atoms with Gasteiger partial charge in [-0.2, -0.15) is 0 Å². The lowest BCUT2D eigenvalue weighted by Crippen LogP contribution is -2.55. The van der Waals surface area contributed by atoms with Gasteiger partial charge in [-0.1, -0.05) is 35.9 Å². The van der Waals surface area contributed by atoms with Crippen LogP contribution in [-0.2, 0) is 19.1 Å². The predicted molar refractivity (Wildman–Crippen MR) is 98.8 cm³/mol. The molecule has 0 N–H and O–H groups in total. The molecule has 1 aliphatic carbocycles. The monoisotopic (exact) mass is 384 g/mol. The maximum atomic E-state index is 13.1. The molecule has 27 heavy (non-hydrogen) atoms. The highest BCUT2D eigenvalue weighted by molar-refractivity contribution is 6.29. The van der Waals surface area contributed by atoms with Crippen LogP contribution in [-0.4, -0.2) is 41.4 Å². The van der Waals surface area contributed by atoms with Crippen molar-refractivity contribution in [2.45, 2.75) is 30.4 Å². The van der Waals surface area contributed by atoms with Crippen molar-refractivity contribution in [3.63, 3.8) is 0 Å². The van der Waals surface area contributed by atoms with Crippen molar-refractivity contribution >= 4 is 29.3 Å². The Balaban J connectivity index is 1.86. The van der Waals surface area contributed by atoms with Gasteiger partial charge in [0.1, 0.15) is 17.0 Å². The number of nitrogens with zero attached hydrogens (tertiary/aromatic N) is 2. The number of methoxy groups -OCH3 is 1. The Bertz CT molecular complexity index is 913. The maximum absolute atomic E-state index is 13.1. The second-order valence-corrected chi connectivity index (χ2v) is 7.02. The fourth-order valence-electron chi connectivity index (χ4n) is 3.82. The lowest BCUT2D eigenvalue weighted by atomic mass is 9.68. The van der Waals surface area contributed by atoms with E-state index in [4.69, 9.17) is 26.1 Å². The summed E-state index contributed by atoms with van der Waals surface area (Å²) in [5.74, 6) is -0.810. The maximum Gasteiger partial charge on any atom is 0.344 e. The molecule has 0 radical (unpaired) electrons. The van der Waals surface area contributed by atoms with E-state index >= 15 is 0 Å². The SMILES string of the molecule is COC1CC(=O)C[C@@H](c2ccc(Cl)nc2)[C@@]12N=C(c1ccccc1)OC2=O. The molecule has 0 bridgehead atoms. The number of rotatable bonds is 3. The third-order valence-corrected chi connectivity index (χ3v) is 5.35. The van der Waals surface area contributed by atoms with Crippen LogP contribution in [0.4, 0.5) is 0 Å². The molecule has 0 saturated heterocycles. The molecule has 1 aromatic carbocycles. The number of carbonyl (C=O) groups excluding carboxylic acids is 2. The molecule has 138 valence electrons. The van der Waals surface area contributed by atoms with E-state index in [0.29, 0.717) is 16.3 Å². The average Bonchev–Trinajstić information content (AvgIpc) is 3.03. The number of ether oxygens (including phenoxy) is 2. The summed E-state index contributed by atoms with van der Waals surface area (Å²) in [7, 11) is 1.48. The predicted octanol–water partition coefficient (Wildman–Crippen LogP) is 2.94. The minimum Gasteiger partial charge on any atom is -0.405 e. The van der Waals surface area contributed by atoms with E-state index in [-0.39, 0.29) is 24.5 Å². The highest BCUT2D eigenvalue weighted by Gasteiger charge is 2.61. The van der Waals surface area contributed by atoms with Crippen LogP contribution in [0.5, 0.6) is 0 Å². The van der Waals surface area contributed by atoms with Crippen molar-refractivity contribution in [1.29, 1.82) is 0 Å². The quantitative estimate of drug-likeness (QED) is 0.600. The first-order valence-corrected chi connectivity index (χ1v) is 8.96. The minimum atomic E-state index is -1.33. The van der Waals surface area contributed by atoms with Gasteiger partial charge in [0.05, 0.1) is 0 Å². The summed E-state index contributed by atoms with van der Waals surface area (Å²) < 4.78 is 11.1. The van der Waals surface area contributed by atoms with Crippen LogP contribution in [0.3, 0.4) is 0 Å². The largest absolute Gasteiger partial charge is 0.405 e.